The number of ether oxygens (including phenoxy) is 3. The third-order valence-electron chi connectivity index (χ3n) is 2.21. The summed E-state index contributed by atoms with van der Waals surface area (Å²) in [7, 11) is 1.64. The SMILES string of the molecule is COCCOCCCOC(C)CCC(=O)NN. The van der Waals surface area contributed by atoms with Crippen molar-refractivity contribution in [3.05, 3.63) is 0 Å². The number of carbonyl (C=O) groups is 1. The van der Waals surface area contributed by atoms with E-state index >= 15 is 0 Å². The number of nitrogens with two attached hydrogens (primary N) is 1. The van der Waals surface area contributed by atoms with Gasteiger partial charge in [0.25, 0.3) is 0 Å². The highest BCUT2D eigenvalue weighted by atomic mass is 16.5. The lowest BCUT2D eigenvalue weighted by molar-refractivity contribution is -0.121. The Kier molecular flexibility index (Phi) is 11.3. The fourth-order valence-corrected chi connectivity index (χ4v) is 1.18. The molecule has 0 aromatic rings. The molecule has 0 spiro atoms. The quantitative estimate of drug-likeness (QED) is 0.236. The van der Waals surface area contributed by atoms with Crippen molar-refractivity contribution in [3.63, 3.8) is 0 Å². The molecular formula is C11H24N2O4. The molecule has 1 unspecified atom stereocenters. The predicted octanol–water partition coefficient (Wildman–Crippen LogP) is 0.215. The van der Waals surface area contributed by atoms with E-state index in [-0.39, 0.29) is 12.0 Å². The Balaban J connectivity index is 3.21. The van der Waals surface area contributed by atoms with Gasteiger partial charge in [0.05, 0.1) is 19.3 Å². The second kappa shape index (κ2) is 11.8. The molecule has 0 rings (SSSR count). The van der Waals surface area contributed by atoms with Crippen LogP contribution in [-0.2, 0) is 19.0 Å². The van der Waals surface area contributed by atoms with Gasteiger partial charge in [0.15, 0.2) is 0 Å². The van der Waals surface area contributed by atoms with E-state index in [1.54, 1.807) is 7.11 Å². The summed E-state index contributed by atoms with van der Waals surface area (Å²) in [6, 6.07) is 0. The van der Waals surface area contributed by atoms with Crippen LogP contribution in [-0.4, -0.2) is 45.5 Å². The molecule has 0 aromatic carbocycles. The Morgan fingerprint density at radius 1 is 1.29 bits per heavy atom. The van der Waals surface area contributed by atoms with Crippen molar-refractivity contribution >= 4 is 5.91 Å². The maximum atomic E-state index is 10.9. The summed E-state index contributed by atoms with van der Waals surface area (Å²) >= 11 is 0. The Bertz CT molecular complexity index is 190. The fourth-order valence-electron chi connectivity index (χ4n) is 1.18. The zero-order valence-corrected chi connectivity index (χ0v) is 10.7. The van der Waals surface area contributed by atoms with Gasteiger partial charge in [-0.25, -0.2) is 5.84 Å². The summed E-state index contributed by atoms with van der Waals surface area (Å²) < 4.78 is 15.6. The van der Waals surface area contributed by atoms with Gasteiger partial charge in [-0.3, -0.25) is 10.2 Å². The Morgan fingerprint density at radius 3 is 2.71 bits per heavy atom. The van der Waals surface area contributed by atoms with Crippen molar-refractivity contribution in [3.8, 4) is 0 Å². The molecule has 102 valence electrons. The lowest BCUT2D eigenvalue weighted by Crippen LogP contribution is -2.30. The van der Waals surface area contributed by atoms with E-state index in [0.29, 0.717) is 39.3 Å². The number of hydrogen-bond donors (Lipinski definition) is 2. The lowest BCUT2D eigenvalue weighted by atomic mass is 10.2. The van der Waals surface area contributed by atoms with Crippen LogP contribution in [0.5, 0.6) is 0 Å². The Morgan fingerprint density at radius 2 is 2.06 bits per heavy atom. The van der Waals surface area contributed by atoms with E-state index in [4.69, 9.17) is 20.1 Å². The summed E-state index contributed by atoms with van der Waals surface area (Å²) in [5.74, 6) is 4.81. The third-order valence-corrected chi connectivity index (χ3v) is 2.21. The van der Waals surface area contributed by atoms with Crippen LogP contribution in [0, 0.1) is 0 Å². The number of hydrazine groups is 1. The van der Waals surface area contributed by atoms with Gasteiger partial charge in [-0.05, 0) is 19.8 Å². The molecule has 6 nitrogen and oxygen atoms in total. The minimum atomic E-state index is -0.164. The van der Waals surface area contributed by atoms with E-state index in [2.05, 4.69) is 5.43 Å². The molecule has 1 amide bonds. The number of hydrogen-bond acceptors (Lipinski definition) is 5. The molecule has 6 heteroatoms. The van der Waals surface area contributed by atoms with Crippen LogP contribution in [0.25, 0.3) is 0 Å². The molecular weight excluding hydrogens is 224 g/mol. The highest BCUT2D eigenvalue weighted by molar-refractivity contribution is 5.75. The molecule has 0 saturated carbocycles. The van der Waals surface area contributed by atoms with Gasteiger partial charge < -0.3 is 14.2 Å². The summed E-state index contributed by atoms with van der Waals surface area (Å²) in [5, 5.41) is 0. The largest absolute Gasteiger partial charge is 0.382 e. The summed E-state index contributed by atoms with van der Waals surface area (Å²) in [6.45, 7) is 4.47. The van der Waals surface area contributed by atoms with Gasteiger partial charge in [0.1, 0.15) is 0 Å². The summed E-state index contributed by atoms with van der Waals surface area (Å²) in [6.07, 6.45) is 1.97. The molecule has 0 aromatic heterocycles. The third kappa shape index (κ3) is 11.6. The fraction of sp³-hybridized carbons (Fsp3) is 0.909. The predicted molar refractivity (Wildman–Crippen MR) is 64.3 cm³/mol. The highest BCUT2D eigenvalue weighted by Gasteiger charge is 2.05. The van der Waals surface area contributed by atoms with E-state index in [0.717, 1.165) is 6.42 Å². The van der Waals surface area contributed by atoms with Gasteiger partial charge in [0.2, 0.25) is 5.91 Å². The Labute approximate surface area is 103 Å². The minimum Gasteiger partial charge on any atom is -0.382 e. The number of methoxy groups -OCH3 is 1. The molecule has 0 saturated heterocycles. The average Bonchev–Trinajstić information content (AvgIpc) is 2.34. The molecule has 17 heavy (non-hydrogen) atoms. The average molecular weight is 248 g/mol. The van der Waals surface area contributed by atoms with E-state index in [1.807, 2.05) is 6.92 Å². The second-order valence-corrected chi connectivity index (χ2v) is 3.75. The van der Waals surface area contributed by atoms with Crippen LogP contribution < -0.4 is 11.3 Å². The molecule has 1 atom stereocenters. The van der Waals surface area contributed by atoms with Crippen molar-refractivity contribution in [2.24, 2.45) is 5.84 Å². The first-order valence-corrected chi connectivity index (χ1v) is 5.88. The van der Waals surface area contributed by atoms with Crippen molar-refractivity contribution in [2.75, 3.05) is 33.5 Å². The first-order chi connectivity index (χ1) is 8.20. The molecule has 0 fully saturated rings. The maximum absolute atomic E-state index is 10.9. The molecule has 0 aliphatic carbocycles. The van der Waals surface area contributed by atoms with E-state index in [1.165, 1.54) is 0 Å². The lowest BCUT2D eigenvalue weighted by Gasteiger charge is -2.12. The van der Waals surface area contributed by atoms with Crippen LogP contribution in [0.4, 0.5) is 0 Å². The highest BCUT2D eigenvalue weighted by Crippen LogP contribution is 2.02. The van der Waals surface area contributed by atoms with Crippen molar-refractivity contribution in [1.29, 1.82) is 0 Å². The van der Waals surface area contributed by atoms with Crippen LogP contribution in [0.1, 0.15) is 26.2 Å². The summed E-state index contributed by atoms with van der Waals surface area (Å²) in [5.41, 5.74) is 2.09. The number of amides is 1. The normalized spacial score (nSPS) is 12.4. The zero-order valence-electron chi connectivity index (χ0n) is 10.7. The van der Waals surface area contributed by atoms with Crippen LogP contribution in [0.3, 0.4) is 0 Å². The second-order valence-electron chi connectivity index (χ2n) is 3.75. The first-order valence-electron chi connectivity index (χ1n) is 5.88. The maximum Gasteiger partial charge on any atom is 0.233 e. The number of carbonyl (C=O) groups excluding carboxylic acids is 1. The van der Waals surface area contributed by atoms with E-state index < -0.39 is 0 Å². The van der Waals surface area contributed by atoms with E-state index in [9.17, 15) is 4.79 Å². The van der Waals surface area contributed by atoms with Gasteiger partial charge >= 0.3 is 0 Å². The minimum absolute atomic E-state index is 0.0614. The molecule has 0 heterocycles. The van der Waals surface area contributed by atoms with Gasteiger partial charge in [0, 0.05) is 26.7 Å². The standard InChI is InChI=1S/C11H24N2O4/c1-10(4-5-11(14)13-12)17-7-3-6-16-9-8-15-2/h10H,3-9,12H2,1-2H3,(H,13,14). The van der Waals surface area contributed by atoms with Gasteiger partial charge in [-0.1, -0.05) is 0 Å². The Hall–Kier alpha value is -0.690. The van der Waals surface area contributed by atoms with Crippen LogP contribution in [0.2, 0.25) is 0 Å². The molecule has 0 aliphatic heterocycles. The molecule has 3 N–H and O–H groups in total. The van der Waals surface area contributed by atoms with Crippen molar-refractivity contribution in [1.82, 2.24) is 5.43 Å². The van der Waals surface area contributed by atoms with Crippen LogP contribution in [0.15, 0.2) is 0 Å². The zero-order chi connectivity index (χ0) is 12.9. The number of nitrogens with one attached hydrogen (secondary N) is 1. The summed E-state index contributed by atoms with van der Waals surface area (Å²) in [4.78, 5) is 10.9. The first kappa shape index (κ1) is 16.3. The number of rotatable bonds is 11. The topological polar surface area (TPSA) is 82.8 Å². The van der Waals surface area contributed by atoms with Crippen molar-refractivity contribution in [2.45, 2.75) is 32.3 Å². The van der Waals surface area contributed by atoms with Gasteiger partial charge in [-0.2, -0.15) is 0 Å². The smallest absolute Gasteiger partial charge is 0.233 e. The van der Waals surface area contributed by atoms with Crippen molar-refractivity contribution < 1.29 is 19.0 Å². The monoisotopic (exact) mass is 248 g/mol. The molecule has 0 radical (unpaired) electrons. The van der Waals surface area contributed by atoms with Crippen LogP contribution >= 0.6 is 0 Å². The molecule has 0 bridgehead atoms. The van der Waals surface area contributed by atoms with Gasteiger partial charge in [-0.15, -0.1) is 0 Å². The molecule has 0 aliphatic rings.